The number of alkyl halides is 1. The molecular weight excluding hydrogens is 193 g/mol. The van der Waals surface area contributed by atoms with Gasteiger partial charge in [0.2, 0.25) is 0 Å². The van der Waals surface area contributed by atoms with Crippen molar-refractivity contribution in [3.05, 3.63) is 30.1 Å². The van der Waals surface area contributed by atoms with Gasteiger partial charge in [-0.3, -0.25) is 5.32 Å². The molecule has 0 saturated heterocycles. The van der Waals surface area contributed by atoms with Crippen LogP contribution in [-0.2, 0) is 0 Å². The molecule has 3 heterocycles. The number of hydrogen-bond donors (Lipinski definition) is 1. The number of nitrogens with one attached hydrogen (secondary N) is 1. The average molecular weight is 205 g/mol. The lowest BCUT2D eigenvalue weighted by Crippen LogP contribution is -2.33. The predicted molar refractivity (Wildman–Crippen MR) is 56.3 cm³/mol. The molecule has 0 spiro atoms. The Morgan fingerprint density at radius 1 is 1.60 bits per heavy atom. The standard InChI is InChI=1S/C11H12FN3/c1-7-6-14-10(12)9-5-8-3-2-4-13-11(8)15(7)9/h2-5,7,10,14H,6H2,1H3. The van der Waals surface area contributed by atoms with Gasteiger partial charge in [0.05, 0.1) is 5.69 Å². The van der Waals surface area contributed by atoms with Gasteiger partial charge >= 0.3 is 0 Å². The van der Waals surface area contributed by atoms with Crippen LogP contribution in [0.2, 0.25) is 0 Å². The van der Waals surface area contributed by atoms with Crippen molar-refractivity contribution in [1.82, 2.24) is 14.9 Å². The highest BCUT2D eigenvalue weighted by molar-refractivity contribution is 5.77. The number of nitrogens with zero attached hydrogens (tertiary/aromatic N) is 2. The summed E-state index contributed by atoms with van der Waals surface area (Å²) in [7, 11) is 0. The minimum Gasteiger partial charge on any atom is -0.321 e. The van der Waals surface area contributed by atoms with E-state index in [1.54, 1.807) is 6.20 Å². The first-order valence-electron chi connectivity index (χ1n) is 5.10. The Morgan fingerprint density at radius 2 is 2.47 bits per heavy atom. The van der Waals surface area contributed by atoms with E-state index < -0.39 is 6.30 Å². The van der Waals surface area contributed by atoms with Crippen molar-refractivity contribution in [1.29, 1.82) is 0 Å². The van der Waals surface area contributed by atoms with Gasteiger partial charge in [-0.1, -0.05) is 0 Å². The van der Waals surface area contributed by atoms with Crippen LogP contribution >= 0.6 is 0 Å². The Hall–Kier alpha value is -1.42. The fourth-order valence-electron chi connectivity index (χ4n) is 2.20. The van der Waals surface area contributed by atoms with Gasteiger partial charge in [0, 0.05) is 24.2 Å². The van der Waals surface area contributed by atoms with Crippen LogP contribution in [0, 0.1) is 0 Å². The molecule has 0 radical (unpaired) electrons. The summed E-state index contributed by atoms with van der Waals surface area (Å²) in [6, 6.07) is 5.96. The molecule has 2 aromatic heterocycles. The zero-order valence-corrected chi connectivity index (χ0v) is 8.44. The van der Waals surface area contributed by atoms with E-state index in [2.05, 4.69) is 17.2 Å². The van der Waals surface area contributed by atoms with Gasteiger partial charge in [-0.05, 0) is 25.1 Å². The number of aromatic nitrogens is 2. The van der Waals surface area contributed by atoms with Crippen molar-refractivity contribution in [2.24, 2.45) is 0 Å². The van der Waals surface area contributed by atoms with Gasteiger partial charge in [-0.2, -0.15) is 0 Å². The maximum Gasteiger partial charge on any atom is 0.192 e. The van der Waals surface area contributed by atoms with Crippen LogP contribution in [0.4, 0.5) is 4.39 Å². The van der Waals surface area contributed by atoms with Crippen LogP contribution < -0.4 is 5.32 Å². The third-order valence-corrected chi connectivity index (χ3v) is 2.92. The number of fused-ring (bicyclic) bond motifs is 3. The van der Waals surface area contributed by atoms with Crippen LogP contribution in [0.25, 0.3) is 11.0 Å². The summed E-state index contributed by atoms with van der Waals surface area (Å²) >= 11 is 0. The van der Waals surface area contributed by atoms with Crippen LogP contribution in [0.1, 0.15) is 25.0 Å². The summed E-state index contributed by atoms with van der Waals surface area (Å²) in [5.74, 6) is 0. The van der Waals surface area contributed by atoms with E-state index >= 15 is 0 Å². The van der Waals surface area contributed by atoms with Crippen LogP contribution in [0.15, 0.2) is 24.4 Å². The number of pyridine rings is 1. The summed E-state index contributed by atoms with van der Waals surface area (Å²) in [4.78, 5) is 4.31. The molecule has 4 heteroatoms. The van der Waals surface area contributed by atoms with E-state index in [1.165, 1.54) is 0 Å². The van der Waals surface area contributed by atoms with Crippen molar-refractivity contribution < 1.29 is 4.39 Å². The van der Waals surface area contributed by atoms with Crippen molar-refractivity contribution in [2.75, 3.05) is 6.54 Å². The highest BCUT2D eigenvalue weighted by Gasteiger charge is 2.25. The zero-order valence-electron chi connectivity index (χ0n) is 8.44. The molecule has 0 saturated carbocycles. The maximum atomic E-state index is 13.6. The smallest absolute Gasteiger partial charge is 0.192 e. The van der Waals surface area contributed by atoms with E-state index in [4.69, 9.17) is 0 Å². The van der Waals surface area contributed by atoms with Crippen molar-refractivity contribution in [3.63, 3.8) is 0 Å². The molecule has 3 nitrogen and oxygen atoms in total. The lowest BCUT2D eigenvalue weighted by atomic mass is 10.2. The van der Waals surface area contributed by atoms with Gasteiger partial charge in [0.15, 0.2) is 6.30 Å². The second kappa shape index (κ2) is 3.03. The van der Waals surface area contributed by atoms with E-state index in [1.807, 2.05) is 22.8 Å². The van der Waals surface area contributed by atoms with Crippen molar-refractivity contribution >= 4 is 11.0 Å². The van der Waals surface area contributed by atoms with Crippen LogP contribution in [0.3, 0.4) is 0 Å². The highest BCUT2D eigenvalue weighted by Crippen LogP contribution is 2.30. The summed E-state index contributed by atoms with van der Waals surface area (Å²) in [5.41, 5.74) is 1.56. The fourth-order valence-corrected chi connectivity index (χ4v) is 2.20. The molecule has 78 valence electrons. The first-order chi connectivity index (χ1) is 7.27. The second-order valence-corrected chi connectivity index (χ2v) is 3.98. The molecule has 1 N–H and O–H groups in total. The number of hydrogen-bond acceptors (Lipinski definition) is 2. The third-order valence-electron chi connectivity index (χ3n) is 2.92. The predicted octanol–water partition coefficient (Wildman–Crippen LogP) is 2.17. The quantitative estimate of drug-likeness (QED) is 0.668. The largest absolute Gasteiger partial charge is 0.321 e. The topological polar surface area (TPSA) is 29.9 Å². The second-order valence-electron chi connectivity index (χ2n) is 3.98. The molecule has 15 heavy (non-hydrogen) atoms. The molecule has 3 rings (SSSR count). The Morgan fingerprint density at radius 3 is 3.33 bits per heavy atom. The number of halogens is 1. The van der Waals surface area contributed by atoms with Crippen LogP contribution in [0.5, 0.6) is 0 Å². The molecule has 1 aliphatic heterocycles. The molecule has 0 amide bonds. The van der Waals surface area contributed by atoms with Crippen molar-refractivity contribution in [3.8, 4) is 0 Å². The molecule has 2 unspecified atom stereocenters. The Balaban J connectivity index is 2.34. The molecule has 0 bridgehead atoms. The first kappa shape index (κ1) is 8.85. The lowest BCUT2D eigenvalue weighted by molar-refractivity contribution is 0.222. The third kappa shape index (κ3) is 1.18. The molecule has 0 fully saturated rings. The average Bonchev–Trinajstić information content (AvgIpc) is 2.64. The molecule has 0 aliphatic carbocycles. The van der Waals surface area contributed by atoms with Gasteiger partial charge in [0.1, 0.15) is 5.65 Å². The van der Waals surface area contributed by atoms with E-state index in [0.717, 1.165) is 11.0 Å². The highest BCUT2D eigenvalue weighted by atomic mass is 19.1. The molecule has 1 aliphatic rings. The molecule has 2 atom stereocenters. The molecule has 2 aromatic rings. The fraction of sp³-hybridized carbons (Fsp3) is 0.364. The molecule has 0 aromatic carbocycles. The normalized spacial score (nSPS) is 25.5. The Labute approximate surface area is 86.9 Å². The van der Waals surface area contributed by atoms with E-state index in [9.17, 15) is 4.39 Å². The monoisotopic (exact) mass is 205 g/mol. The SMILES string of the molecule is CC1CNC(F)c2cc3cccnc3n21. The minimum atomic E-state index is -1.07. The summed E-state index contributed by atoms with van der Waals surface area (Å²) in [6.07, 6.45) is 0.674. The maximum absolute atomic E-state index is 13.6. The summed E-state index contributed by atoms with van der Waals surface area (Å²) < 4.78 is 15.6. The lowest BCUT2D eigenvalue weighted by Gasteiger charge is -2.26. The van der Waals surface area contributed by atoms with Gasteiger partial charge < -0.3 is 4.57 Å². The number of rotatable bonds is 0. The Kier molecular flexibility index (Phi) is 1.79. The van der Waals surface area contributed by atoms with Crippen LogP contribution in [-0.4, -0.2) is 16.1 Å². The van der Waals surface area contributed by atoms with E-state index in [-0.39, 0.29) is 6.04 Å². The Bertz CT molecular complexity index is 506. The summed E-state index contributed by atoms with van der Waals surface area (Å²) in [5, 5.41) is 3.84. The van der Waals surface area contributed by atoms with Gasteiger partial charge in [-0.25, -0.2) is 9.37 Å². The molecular formula is C11H12FN3. The minimum absolute atomic E-state index is 0.249. The zero-order chi connectivity index (χ0) is 10.4. The van der Waals surface area contributed by atoms with Gasteiger partial charge in [0.25, 0.3) is 0 Å². The van der Waals surface area contributed by atoms with E-state index in [0.29, 0.717) is 12.2 Å². The van der Waals surface area contributed by atoms with Crippen molar-refractivity contribution in [2.45, 2.75) is 19.3 Å². The summed E-state index contributed by atoms with van der Waals surface area (Å²) in [6.45, 7) is 2.71. The van der Waals surface area contributed by atoms with Gasteiger partial charge in [-0.15, -0.1) is 0 Å². The first-order valence-corrected chi connectivity index (χ1v) is 5.10.